The Bertz CT molecular complexity index is 642. The Morgan fingerprint density at radius 3 is 2.91 bits per heavy atom. The van der Waals surface area contributed by atoms with Gasteiger partial charge in [0.05, 0.1) is 4.90 Å². The average molecular weight is 339 g/mol. The van der Waals surface area contributed by atoms with Crippen LogP contribution in [0.2, 0.25) is 0 Å². The van der Waals surface area contributed by atoms with E-state index in [9.17, 15) is 8.42 Å². The second-order valence-electron chi connectivity index (χ2n) is 6.25. The fraction of sp³-hybridized carbons (Fsp3) is 0.625. The number of benzene rings is 1. The third kappa shape index (κ3) is 4.23. The van der Waals surface area contributed by atoms with Gasteiger partial charge in [-0.3, -0.25) is 0 Å². The summed E-state index contributed by atoms with van der Waals surface area (Å²) < 4.78 is 33.1. The van der Waals surface area contributed by atoms with Crippen LogP contribution in [0.1, 0.15) is 18.9 Å². The van der Waals surface area contributed by atoms with Gasteiger partial charge in [0.25, 0.3) is 0 Å². The summed E-state index contributed by atoms with van der Waals surface area (Å²) >= 11 is 0. The molecule has 128 valence electrons. The predicted molar refractivity (Wildman–Crippen MR) is 89.4 cm³/mol. The Balaban J connectivity index is 1.52. The van der Waals surface area contributed by atoms with Crippen LogP contribution in [0.15, 0.2) is 23.1 Å². The molecule has 6 nitrogen and oxygen atoms in total. The first-order chi connectivity index (χ1) is 11.0. The number of rotatable bonds is 6. The van der Waals surface area contributed by atoms with Gasteiger partial charge in [-0.15, -0.1) is 0 Å². The summed E-state index contributed by atoms with van der Waals surface area (Å²) in [5, 5.41) is 3.31. The van der Waals surface area contributed by atoms with Crippen molar-refractivity contribution in [2.24, 2.45) is 0 Å². The highest BCUT2D eigenvalue weighted by atomic mass is 32.2. The summed E-state index contributed by atoms with van der Waals surface area (Å²) in [7, 11) is -3.44. The summed E-state index contributed by atoms with van der Waals surface area (Å²) in [4.78, 5) is 2.69. The first-order valence-corrected chi connectivity index (χ1v) is 9.75. The van der Waals surface area contributed by atoms with Crippen LogP contribution < -0.4 is 14.8 Å². The molecule has 1 saturated heterocycles. The zero-order valence-electron chi connectivity index (χ0n) is 13.5. The van der Waals surface area contributed by atoms with Gasteiger partial charge in [-0.2, -0.15) is 0 Å². The summed E-state index contributed by atoms with van der Waals surface area (Å²) in [6.45, 7) is 7.49. The number of hydrogen-bond donors (Lipinski definition) is 2. The molecule has 0 bridgehead atoms. The summed E-state index contributed by atoms with van der Waals surface area (Å²) in [6, 6.07) is 5.11. The highest BCUT2D eigenvalue weighted by Crippen LogP contribution is 2.30. The number of piperazine rings is 1. The van der Waals surface area contributed by atoms with Gasteiger partial charge in [-0.25, -0.2) is 13.1 Å². The maximum absolute atomic E-state index is 12.4. The summed E-state index contributed by atoms with van der Waals surface area (Å²) in [5.74, 6) is 0.801. The molecular weight excluding hydrogens is 314 g/mol. The molecule has 0 saturated carbocycles. The van der Waals surface area contributed by atoms with E-state index in [0.29, 0.717) is 11.4 Å². The van der Waals surface area contributed by atoms with Crippen molar-refractivity contribution in [3.63, 3.8) is 0 Å². The molecule has 0 aromatic heterocycles. The van der Waals surface area contributed by atoms with E-state index in [1.807, 2.05) is 6.92 Å². The lowest BCUT2D eigenvalue weighted by atomic mass is 10.1. The Kier molecular flexibility index (Phi) is 5.21. The van der Waals surface area contributed by atoms with Crippen molar-refractivity contribution < 1.29 is 13.2 Å². The van der Waals surface area contributed by atoms with Gasteiger partial charge in [0.1, 0.15) is 11.9 Å². The van der Waals surface area contributed by atoms with Crippen molar-refractivity contribution in [1.29, 1.82) is 0 Å². The summed E-state index contributed by atoms with van der Waals surface area (Å²) in [6.07, 6.45) is 1.71. The maximum atomic E-state index is 12.4. The van der Waals surface area contributed by atoms with Crippen LogP contribution in [0, 0.1) is 0 Å². The molecule has 0 radical (unpaired) electrons. The van der Waals surface area contributed by atoms with Gasteiger partial charge >= 0.3 is 0 Å². The third-order valence-electron chi connectivity index (χ3n) is 4.33. The van der Waals surface area contributed by atoms with E-state index in [1.54, 1.807) is 18.2 Å². The Morgan fingerprint density at radius 2 is 2.13 bits per heavy atom. The molecule has 2 aliphatic heterocycles. The molecule has 0 amide bonds. The van der Waals surface area contributed by atoms with Crippen LogP contribution in [0.3, 0.4) is 0 Å². The molecule has 2 aliphatic rings. The molecule has 1 atom stereocenters. The first-order valence-electron chi connectivity index (χ1n) is 8.27. The monoisotopic (exact) mass is 339 g/mol. The van der Waals surface area contributed by atoms with E-state index in [2.05, 4.69) is 14.9 Å². The van der Waals surface area contributed by atoms with E-state index >= 15 is 0 Å². The van der Waals surface area contributed by atoms with E-state index < -0.39 is 10.0 Å². The van der Waals surface area contributed by atoms with Gasteiger partial charge in [0, 0.05) is 39.1 Å². The highest BCUT2D eigenvalue weighted by molar-refractivity contribution is 7.89. The fourth-order valence-corrected chi connectivity index (χ4v) is 4.22. The largest absolute Gasteiger partial charge is 0.490 e. The van der Waals surface area contributed by atoms with Crippen molar-refractivity contribution in [2.75, 3.05) is 39.3 Å². The molecule has 0 spiro atoms. The van der Waals surface area contributed by atoms with Crippen molar-refractivity contribution in [3.8, 4) is 5.75 Å². The van der Waals surface area contributed by atoms with E-state index in [1.165, 1.54) is 0 Å². The molecule has 23 heavy (non-hydrogen) atoms. The minimum atomic E-state index is -3.44. The molecule has 0 aliphatic carbocycles. The molecule has 3 rings (SSSR count). The Hall–Kier alpha value is -1.15. The molecule has 2 heterocycles. The number of hydrogen-bond acceptors (Lipinski definition) is 5. The number of fused-ring (bicyclic) bond motifs is 1. The van der Waals surface area contributed by atoms with Gasteiger partial charge < -0.3 is 15.0 Å². The molecular formula is C16H25N3O3S. The molecule has 7 heteroatoms. The van der Waals surface area contributed by atoms with E-state index in [-0.39, 0.29) is 6.10 Å². The average Bonchev–Trinajstić information content (AvgIpc) is 2.92. The lowest BCUT2D eigenvalue weighted by Crippen LogP contribution is -2.44. The number of nitrogens with one attached hydrogen (secondary N) is 2. The molecule has 2 N–H and O–H groups in total. The topological polar surface area (TPSA) is 70.7 Å². The van der Waals surface area contributed by atoms with Crippen LogP contribution in [0.4, 0.5) is 0 Å². The lowest BCUT2D eigenvalue weighted by molar-refractivity contribution is 0.239. The fourth-order valence-electron chi connectivity index (χ4n) is 3.09. The second-order valence-corrected chi connectivity index (χ2v) is 8.01. The zero-order valence-corrected chi connectivity index (χ0v) is 14.4. The quantitative estimate of drug-likeness (QED) is 0.742. The SMILES string of the molecule is CC1Cc2cc(S(=O)(=O)NCCCN3CCNCC3)ccc2O1. The summed E-state index contributed by atoms with van der Waals surface area (Å²) in [5.41, 5.74) is 0.973. The van der Waals surface area contributed by atoms with Crippen molar-refractivity contribution in [3.05, 3.63) is 23.8 Å². The molecule has 1 fully saturated rings. The van der Waals surface area contributed by atoms with Crippen molar-refractivity contribution >= 4 is 10.0 Å². The van der Waals surface area contributed by atoms with Crippen LogP contribution in [0.25, 0.3) is 0 Å². The maximum Gasteiger partial charge on any atom is 0.240 e. The Labute approximate surface area is 138 Å². The highest BCUT2D eigenvalue weighted by Gasteiger charge is 2.22. The first kappa shape index (κ1) is 16.7. The normalized spacial score (nSPS) is 21.9. The standard InChI is InChI=1S/C16H25N3O3S/c1-13-11-14-12-15(3-4-16(14)22-13)23(20,21)18-5-2-8-19-9-6-17-7-10-19/h3-4,12-13,17-18H,2,5-11H2,1H3. The van der Waals surface area contributed by atoms with Gasteiger partial charge in [0.15, 0.2) is 0 Å². The van der Waals surface area contributed by atoms with Gasteiger partial charge in [0.2, 0.25) is 10.0 Å². The number of sulfonamides is 1. The number of ether oxygens (including phenoxy) is 1. The third-order valence-corrected chi connectivity index (χ3v) is 5.79. The van der Waals surface area contributed by atoms with E-state index in [4.69, 9.17) is 4.74 Å². The zero-order chi connectivity index (χ0) is 16.3. The Morgan fingerprint density at radius 1 is 1.35 bits per heavy atom. The van der Waals surface area contributed by atoms with Crippen LogP contribution in [0.5, 0.6) is 5.75 Å². The van der Waals surface area contributed by atoms with Crippen molar-refractivity contribution in [2.45, 2.75) is 30.8 Å². The minimum absolute atomic E-state index is 0.120. The van der Waals surface area contributed by atoms with Crippen LogP contribution in [-0.4, -0.2) is 58.7 Å². The molecule has 1 unspecified atom stereocenters. The minimum Gasteiger partial charge on any atom is -0.490 e. The van der Waals surface area contributed by atoms with Crippen LogP contribution in [-0.2, 0) is 16.4 Å². The van der Waals surface area contributed by atoms with Gasteiger partial charge in [-0.05, 0) is 43.7 Å². The predicted octanol–water partition coefficient (Wildman–Crippen LogP) is 0.584. The molecule has 1 aromatic rings. The smallest absolute Gasteiger partial charge is 0.240 e. The number of nitrogens with zero attached hydrogens (tertiary/aromatic N) is 1. The van der Waals surface area contributed by atoms with Crippen molar-refractivity contribution in [1.82, 2.24) is 14.9 Å². The second kappa shape index (κ2) is 7.17. The van der Waals surface area contributed by atoms with Crippen LogP contribution >= 0.6 is 0 Å². The van der Waals surface area contributed by atoms with Gasteiger partial charge in [-0.1, -0.05) is 0 Å². The molecule has 1 aromatic carbocycles. The van der Waals surface area contributed by atoms with E-state index in [0.717, 1.165) is 56.9 Å². The lowest BCUT2D eigenvalue weighted by Gasteiger charge is -2.27.